The van der Waals surface area contributed by atoms with E-state index in [0.717, 1.165) is 11.1 Å². The molecule has 0 unspecified atom stereocenters. The number of epoxide rings is 1. The number of anilines is 3. The van der Waals surface area contributed by atoms with Crippen molar-refractivity contribution >= 4 is 99.9 Å². The number of halogens is 2. The van der Waals surface area contributed by atoms with E-state index in [1.165, 1.54) is 44.4 Å². The summed E-state index contributed by atoms with van der Waals surface area (Å²) in [6, 6.07) is 4.42. The van der Waals surface area contributed by atoms with Crippen LogP contribution in [0.5, 0.6) is 5.75 Å². The molecule has 3 fully saturated rings. The number of allylic oxidation sites excluding steroid dienone is 3. The van der Waals surface area contributed by atoms with Gasteiger partial charge in [-0.15, -0.1) is 5.06 Å². The first-order valence-electron chi connectivity index (χ1n) is 27.3. The van der Waals surface area contributed by atoms with Gasteiger partial charge in [0.15, 0.2) is 5.72 Å². The van der Waals surface area contributed by atoms with Crippen LogP contribution in [0, 0.1) is 11.8 Å². The monoisotopic (exact) mass is 1210 g/mol. The van der Waals surface area contributed by atoms with Gasteiger partial charge in [-0.1, -0.05) is 67.8 Å². The molecule has 4 aliphatic heterocycles. The Morgan fingerprint density at radius 1 is 0.940 bits per heavy atom. The van der Waals surface area contributed by atoms with Crippen LogP contribution in [0.25, 0.3) is 0 Å². The van der Waals surface area contributed by atoms with Crippen LogP contribution in [0.1, 0.15) is 104 Å². The number of carbonyl (C=O) groups is 10. The third-order valence-corrected chi connectivity index (χ3v) is 15.5. The quantitative estimate of drug-likeness (QED) is 0.0479. The molecule has 26 nitrogen and oxygen atoms in total. The lowest BCUT2D eigenvalue weighted by molar-refractivity contribution is -0.197. The first-order chi connectivity index (χ1) is 39.7. The zero-order valence-electron chi connectivity index (χ0n) is 47.9. The maximum atomic E-state index is 14.4. The zero-order chi connectivity index (χ0) is 61.8. The Kier molecular flexibility index (Phi) is 22.5. The number of ether oxygens (including phenoxy) is 5. The lowest BCUT2D eigenvalue weighted by Gasteiger charge is -2.42. The molecule has 0 spiro atoms. The van der Waals surface area contributed by atoms with Gasteiger partial charge in [-0.25, -0.2) is 19.2 Å². The van der Waals surface area contributed by atoms with E-state index in [2.05, 4.69) is 31.9 Å². The molecule has 4 heterocycles. The van der Waals surface area contributed by atoms with E-state index in [0.29, 0.717) is 22.9 Å². The number of unbranched alkanes of at least 4 members (excludes halogenated alkanes) is 1. The lowest BCUT2D eigenvalue weighted by atomic mass is 9.83. The van der Waals surface area contributed by atoms with Crippen molar-refractivity contribution in [2.45, 2.75) is 153 Å². The number of nitrogens with zero attached hydrogens (tertiary/aromatic N) is 2. The molecule has 0 aromatic heterocycles. The number of imide groups is 1. The van der Waals surface area contributed by atoms with Crippen LogP contribution in [0.3, 0.4) is 0 Å². The third-order valence-electron chi connectivity index (χ3n) is 14.8. The number of aliphatic hydroxyl groups is 1. The highest BCUT2D eigenvalue weighted by molar-refractivity contribution is 6.35. The number of hydrogen-bond donors (Lipinski definition) is 8. The molecule has 2 aromatic rings. The molecule has 28 heteroatoms. The number of fused-ring (bicyclic) bond motifs is 5. The summed E-state index contributed by atoms with van der Waals surface area (Å²) in [5.41, 5.74) is 3.98. The Morgan fingerprint density at radius 3 is 2.30 bits per heavy atom. The number of primary amides is 1. The van der Waals surface area contributed by atoms with Gasteiger partial charge >= 0.3 is 24.2 Å². The van der Waals surface area contributed by atoms with E-state index in [-0.39, 0.29) is 85.8 Å². The number of hydrogen-bond acceptors (Lipinski definition) is 17. The summed E-state index contributed by atoms with van der Waals surface area (Å²) in [6.07, 6.45) is -0.975. The molecule has 4 aliphatic rings. The zero-order valence-corrected chi connectivity index (χ0v) is 49.4. The van der Waals surface area contributed by atoms with Crippen molar-refractivity contribution in [1.29, 1.82) is 0 Å². The van der Waals surface area contributed by atoms with Crippen molar-refractivity contribution in [1.82, 2.24) is 26.3 Å². The fraction of sp³-hybridized carbons (Fsp3) is 0.536. The SMILES string of the molecule is COc1cc2cc(c1Cl)N(C)C(=O)C[C@H](OC(=O)Nc1ccc(NC(=O)[C@H](CCCNC(N)=O)NC(=O)[C@@H](NC(=O)CCCCC(=O)ON3C(=O)CCC3=O)C(C)C)cc1Cl)[C@]1(C)O[C@H]1[C@H](C)[C@@H]1C[C@@](O)(NC(=O)O1)[C@H](OC)/C=C/C=C(\C)C2. The topological polar surface area (TPSA) is 354 Å². The summed E-state index contributed by atoms with van der Waals surface area (Å²) in [7, 11) is 4.35. The summed E-state index contributed by atoms with van der Waals surface area (Å²) < 4.78 is 29.3. The van der Waals surface area contributed by atoms with Gasteiger partial charge < -0.3 is 65.5 Å². The summed E-state index contributed by atoms with van der Waals surface area (Å²) in [5, 5.41) is 27.9. The van der Waals surface area contributed by atoms with Crippen molar-refractivity contribution in [3.63, 3.8) is 0 Å². The van der Waals surface area contributed by atoms with E-state index in [1.54, 1.807) is 52.0 Å². The number of carbonyl (C=O) groups excluding carboxylic acids is 10. The van der Waals surface area contributed by atoms with Gasteiger partial charge in [-0.3, -0.25) is 39.4 Å². The molecule has 3 saturated heterocycles. The summed E-state index contributed by atoms with van der Waals surface area (Å²) in [4.78, 5) is 136. The fourth-order valence-corrected chi connectivity index (χ4v) is 10.5. The molecule has 84 heavy (non-hydrogen) atoms. The van der Waals surface area contributed by atoms with Gasteiger partial charge in [-0.2, -0.15) is 0 Å². The van der Waals surface area contributed by atoms with Crippen molar-refractivity contribution in [3.05, 3.63) is 69.7 Å². The number of urea groups is 1. The minimum absolute atomic E-state index is 0.00963. The summed E-state index contributed by atoms with van der Waals surface area (Å²) in [5.74, 6) is -5.35. The van der Waals surface area contributed by atoms with Crippen LogP contribution in [-0.4, -0.2) is 145 Å². The van der Waals surface area contributed by atoms with Crippen LogP contribution >= 0.6 is 23.2 Å². The van der Waals surface area contributed by atoms with E-state index >= 15 is 0 Å². The number of nitrogens with one attached hydrogen (secondary N) is 6. The van der Waals surface area contributed by atoms with Crippen LogP contribution in [0.4, 0.5) is 31.4 Å². The Balaban J connectivity index is 1.15. The highest BCUT2D eigenvalue weighted by Gasteiger charge is 2.64. The van der Waals surface area contributed by atoms with E-state index in [1.807, 2.05) is 13.0 Å². The van der Waals surface area contributed by atoms with Crippen LogP contribution in [0.2, 0.25) is 10.0 Å². The molecule has 0 aliphatic carbocycles. The minimum atomic E-state index is -1.92. The van der Waals surface area contributed by atoms with Crippen molar-refractivity contribution in [3.8, 4) is 5.75 Å². The average Bonchev–Trinajstić information content (AvgIpc) is 1.70. The van der Waals surface area contributed by atoms with Gasteiger partial charge in [0.1, 0.15) is 46.8 Å². The molecule has 10 amide bonds. The Hall–Kier alpha value is -7.52. The van der Waals surface area contributed by atoms with Gasteiger partial charge in [0, 0.05) is 64.4 Å². The number of nitrogens with two attached hydrogens (primary N) is 1. The number of methoxy groups -OCH3 is 2. The maximum absolute atomic E-state index is 14.4. The Bertz CT molecular complexity index is 2910. The second-order valence-electron chi connectivity index (χ2n) is 21.5. The Labute approximate surface area is 495 Å². The first kappa shape index (κ1) is 65.6. The van der Waals surface area contributed by atoms with Gasteiger partial charge in [0.05, 0.1) is 36.0 Å². The average molecular weight is 1220 g/mol. The van der Waals surface area contributed by atoms with Gasteiger partial charge in [-0.05, 0) is 87.8 Å². The van der Waals surface area contributed by atoms with Crippen LogP contribution < -0.4 is 47.3 Å². The maximum Gasteiger partial charge on any atom is 0.412 e. The predicted molar refractivity (Wildman–Crippen MR) is 304 cm³/mol. The number of hydroxylamine groups is 2. The second kappa shape index (κ2) is 28.8. The molecular formula is C56H73Cl2N9O17. The van der Waals surface area contributed by atoms with Crippen LogP contribution in [0.15, 0.2) is 54.1 Å². The van der Waals surface area contributed by atoms with Gasteiger partial charge in [0.25, 0.3) is 11.8 Å². The summed E-state index contributed by atoms with van der Waals surface area (Å²) >= 11 is 13.5. The molecule has 0 saturated carbocycles. The third kappa shape index (κ3) is 17.1. The van der Waals surface area contributed by atoms with Gasteiger partial charge in [0.2, 0.25) is 23.6 Å². The minimum Gasteiger partial charge on any atom is -0.495 e. The highest BCUT2D eigenvalue weighted by Crippen LogP contribution is 2.49. The standard InChI is InChI=1S/C56H73Cl2N9O17/c1-29(2)48(64-42(68)16-9-10-17-46(72)84-67-43(69)20-21-44(67)70)51(74)62-36(14-12-22-60-52(59)75)50(73)61-33-18-19-35(34(57)26-33)63-53(76)82-41-27-45(71)66(6)37-24-32(25-38(79-7)47(37)58)23-30(3)13-11-15-40(80-8)56(78)28-39(81-54(77)65-56)31(4)49-55(41,5)83-49/h11,13,15,18-19,24-26,29,31,36,39-41,48-49,78H,9-10,12,14,16-17,20-23,27-28H2,1-8H3,(H,61,73)(H,62,74)(H,63,76)(H,64,68)(H,65,77)(H3,59,60,75)/b15-11+,30-13+/t31-,36+,39+,40-,41+,48+,49+,55+,56+/m1/s1. The molecular weight excluding hydrogens is 1140 g/mol. The fourth-order valence-electron chi connectivity index (χ4n) is 9.99. The van der Waals surface area contributed by atoms with Crippen molar-refractivity contribution in [2.24, 2.45) is 17.6 Å². The molecule has 2 aromatic carbocycles. The molecule has 0 radical (unpaired) electrons. The van der Waals surface area contributed by atoms with Crippen molar-refractivity contribution < 1.29 is 81.6 Å². The van der Waals surface area contributed by atoms with Crippen LogP contribution in [-0.2, 0) is 63.8 Å². The number of amides is 10. The number of benzene rings is 2. The molecule has 9 atom stereocenters. The largest absolute Gasteiger partial charge is 0.495 e. The van der Waals surface area contributed by atoms with Crippen molar-refractivity contribution in [2.75, 3.05) is 43.3 Å². The normalized spacial score (nSPS) is 25.1. The summed E-state index contributed by atoms with van der Waals surface area (Å²) in [6.45, 7) is 8.67. The van der Waals surface area contributed by atoms with E-state index < -0.39 is 126 Å². The smallest absolute Gasteiger partial charge is 0.412 e. The number of alkyl carbamates (subject to hydrolysis) is 1. The predicted octanol–water partition coefficient (Wildman–Crippen LogP) is 5.21. The Morgan fingerprint density at radius 2 is 1.64 bits per heavy atom. The first-order valence-corrected chi connectivity index (χ1v) is 28.1. The molecule has 4 bridgehead atoms. The highest BCUT2D eigenvalue weighted by atomic mass is 35.5. The lowest BCUT2D eigenvalue weighted by Crippen LogP contribution is -2.63. The molecule has 458 valence electrons. The van der Waals surface area contributed by atoms with E-state index in [9.17, 15) is 53.1 Å². The second-order valence-corrected chi connectivity index (χ2v) is 22.3. The molecule has 9 N–H and O–H groups in total. The van der Waals surface area contributed by atoms with E-state index in [4.69, 9.17) is 57.5 Å². The molecule has 6 rings (SSSR count). The number of rotatable bonds is 20.